The molecule has 9 nitrogen and oxygen atoms in total. The van der Waals surface area contributed by atoms with Crippen molar-refractivity contribution in [2.75, 3.05) is 5.32 Å². The second kappa shape index (κ2) is 6.89. The number of aromatic amines is 1. The highest BCUT2D eigenvalue weighted by Crippen LogP contribution is 2.31. The summed E-state index contributed by atoms with van der Waals surface area (Å²) < 4.78 is 2.87. The second-order valence-corrected chi connectivity index (χ2v) is 7.22. The molecule has 0 aliphatic heterocycles. The summed E-state index contributed by atoms with van der Waals surface area (Å²) in [6.45, 7) is 1.51. The van der Waals surface area contributed by atoms with E-state index in [1.165, 1.54) is 11.3 Å². The summed E-state index contributed by atoms with van der Waals surface area (Å²) in [6, 6.07) is 6.48. The standard InChI is InChI=1S/C18H16N6O3S/c1-10-14(15-19-7-8-23(15)2)28-18(20-10)21-13(25)9-24-17(27)12-6-4-3-5-11(12)16(26)22-24/h3-8H,9H2,1-2H3,(H,22,26)(H,20,21,25). The molecule has 1 amide bonds. The fourth-order valence-electron chi connectivity index (χ4n) is 2.90. The maximum Gasteiger partial charge on any atom is 0.273 e. The van der Waals surface area contributed by atoms with E-state index in [0.29, 0.717) is 10.5 Å². The van der Waals surface area contributed by atoms with E-state index in [2.05, 4.69) is 20.4 Å². The third-order valence-electron chi connectivity index (χ3n) is 4.25. The summed E-state index contributed by atoms with van der Waals surface area (Å²) >= 11 is 1.29. The van der Waals surface area contributed by atoms with E-state index in [4.69, 9.17) is 0 Å². The van der Waals surface area contributed by atoms with E-state index in [9.17, 15) is 14.4 Å². The molecule has 2 N–H and O–H groups in total. The first kappa shape index (κ1) is 17.9. The van der Waals surface area contributed by atoms with Crippen LogP contribution in [-0.4, -0.2) is 30.2 Å². The zero-order chi connectivity index (χ0) is 19.8. The van der Waals surface area contributed by atoms with Crippen molar-refractivity contribution in [3.63, 3.8) is 0 Å². The van der Waals surface area contributed by atoms with Gasteiger partial charge in [-0.05, 0) is 19.1 Å². The van der Waals surface area contributed by atoms with Gasteiger partial charge < -0.3 is 9.88 Å². The van der Waals surface area contributed by atoms with Crippen molar-refractivity contribution in [2.24, 2.45) is 7.05 Å². The first-order chi connectivity index (χ1) is 13.4. The molecular formula is C18H16N6O3S. The van der Waals surface area contributed by atoms with E-state index in [1.807, 2.05) is 24.7 Å². The molecular weight excluding hydrogens is 380 g/mol. The number of imidazole rings is 1. The van der Waals surface area contributed by atoms with Gasteiger partial charge in [0.05, 0.1) is 21.3 Å². The Morgan fingerprint density at radius 1 is 1.25 bits per heavy atom. The lowest BCUT2D eigenvalue weighted by Gasteiger charge is -2.06. The molecule has 0 spiro atoms. The highest BCUT2D eigenvalue weighted by atomic mass is 32.1. The Kier molecular flexibility index (Phi) is 4.40. The summed E-state index contributed by atoms with van der Waals surface area (Å²) in [5.41, 5.74) is -0.120. The van der Waals surface area contributed by atoms with Gasteiger partial charge in [-0.1, -0.05) is 23.5 Å². The number of fused-ring (bicyclic) bond motifs is 1. The number of carbonyl (C=O) groups is 1. The largest absolute Gasteiger partial charge is 0.333 e. The Hall–Kier alpha value is -3.53. The van der Waals surface area contributed by atoms with Gasteiger partial charge >= 0.3 is 0 Å². The fraction of sp³-hybridized carbons (Fsp3) is 0.167. The van der Waals surface area contributed by atoms with E-state index >= 15 is 0 Å². The summed E-state index contributed by atoms with van der Waals surface area (Å²) in [5, 5.41) is 6.07. The van der Waals surface area contributed by atoms with Gasteiger partial charge in [-0.3, -0.25) is 19.5 Å². The van der Waals surface area contributed by atoms with Gasteiger partial charge in [0.25, 0.3) is 11.1 Å². The molecule has 0 unspecified atom stereocenters. The SMILES string of the molecule is Cc1nc(NC(=O)Cn2[nH]c(=O)c3ccccc3c2=O)sc1-c1nccn1C. The number of aryl methyl sites for hydroxylation is 2. The molecule has 1 aromatic carbocycles. The van der Waals surface area contributed by atoms with Crippen LogP contribution in [0.3, 0.4) is 0 Å². The van der Waals surface area contributed by atoms with Crippen LogP contribution in [0.5, 0.6) is 0 Å². The fourth-order valence-corrected chi connectivity index (χ4v) is 3.92. The van der Waals surface area contributed by atoms with Crippen LogP contribution >= 0.6 is 11.3 Å². The van der Waals surface area contributed by atoms with E-state index in [-0.39, 0.29) is 11.9 Å². The predicted molar refractivity (Wildman–Crippen MR) is 107 cm³/mol. The average molecular weight is 396 g/mol. The average Bonchev–Trinajstić information content (AvgIpc) is 3.24. The maximum atomic E-state index is 12.5. The van der Waals surface area contributed by atoms with Gasteiger partial charge in [0.2, 0.25) is 5.91 Å². The number of H-pyrrole nitrogens is 1. The number of benzene rings is 1. The highest BCUT2D eigenvalue weighted by molar-refractivity contribution is 7.19. The number of hydrogen-bond donors (Lipinski definition) is 2. The summed E-state index contributed by atoms with van der Waals surface area (Å²) in [5.74, 6) is 0.291. The number of aromatic nitrogens is 5. The molecule has 28 heavy (non-hydrogen) atoms. The maximum absolute atomic E-state index is 12.5. The molecule has 142 valence electrons. The van der Waals surface area contributed by atoms with Crippen LogP contribution in [0.15, 0.2) is 46.2 Å². The van der Waals surface area contributed by atoms with E-state index in [1.54, 1.807) is 30.5 Å². The van der Waals surface area contributed by atoms with Crippen LogP contribution in [0.4, 0.5) is 5.13 Å². The lowest BCUT2D eigenvalue weighted by atomic mass is 10.2. The lowest BCUT2D eigenvalue weighted by Crippen LogP contribution is -2.34. The summed E-state index contributed by atoms with van der Waals surface area (Å²) in [6.07, 6.45) is 3.52. The Bertz CT molecular complexity index is 1310. The molecule has 0 aliphatic carbocycles. The third kappa shape index (κ3) is 3.14. The molecule has 0 atom stereocenters. The quantitative estimate of drug-likeness (QED) is 0.542. The molecule has 3 aromatic heterocycles. The minimum absolute atomic E-state index is 0.265. The van der Waals surface area contributed by atoms with Crippen LogP contribution in [0.2, 0.25) is 0 Å². The van der Waals surface area contributed by atoms with E-state index < -0.39 is 17.0 Å². The molecule has 0 saturated heterocycles. The van der Waals surface area contributed by atoms with Crippen LogP contribution in [0.25, 0.3) is 21.5 Å². The highest BCUT2D eigenvalue weighted by Gasteiger charge is 2.16. The number of rotatable bonds is 4. The first-order valence-electron chi connectivity index (χ1n) is 8.41. The Balaban J connectivity index is 1.59. The number of hydrogen-bond acceptors (Lipinski definition) is 6. The predicted octanol–water partition coefficient (Wildman–Crippen LogP) is 1.49. The van der Waals surface area contributed by atoms with Gasteiger partial charge in [-0.15, -0.1) is 0 Å². The van der Waals surface area contributed by atoms with Crippen LogP contribution in [-0.2, 0) is 18.4 Å². The van der Waals surface area contributed by atoms with Crippen LogP contribution in [0.1, 0.15) is 5.69 Å². The van der Waals surface area contributed by atoms with Gasteiger partial charge in [0.15, 0.2) is 11.0 Å². The van der Waals surface area contributed by atoms with E-state index in [0.717, 1.165) is 21.1 Å². The molecule has 0 fully saturated rings. The normalized spacial score (nSPS) is 11.1. The number of nitrogens with one attached hydrogen (secondary N) is 2. The Morgan fingerprint density at radius 3 is 2.71 bits per heavy atom. The van der Waals surface area contributed by atoms with Gasteiger partial charge in [-0.25, -0.2) is 14.6 Å². The molecule has 0 saturated carbocycles. The van der Waals surface area contributed by atoms with Crippen molar-refractivity contribution in [1.29, 1.82) is 0 Å². The van der Waals surface area contributed by atoms with Crippen molar-refractivity contribution < 1.29 is 4.79 Å². The monoisotopic (exact) mass is 396 g/mol. The van der Waals surface area contributed by atoms with Crippen molar-refractivity contribution in [3.8, 4) is 10.7 Å². The smallest absolute Gasteiger partial charge is 0.273 e. The second-order valence-electron chi connectivity index (χ2n) is 6.22. The molecule has 0 radical (unpaired) electrons. The van der Waals surface area contributed by atoms with Crippen molar-refractivity contribution >= 4 is 33.1 Å². The van der Waals surface area contributed by atoms with Crippen molar-refractivity contribution in [2.45, 2.75) is 13.5 Å². The lowest BCUT2D eigenvalue weighted by molar-refractivity contribution is -0.117. The summed E-state index contributed by atoms with van der Waals surface area (Å²) in [7, 11) is 1.88. The number of thiazole rings is 1. The molecule has 10 heteroatoms. The minimum Gasteiger partial charge on any atom is -0.333 e. The topological polar surface area (TPSA) is 115 Å². The van der Waals surface area contributed by atoms with Crippen LogP contribution in [0, 0.1) is 6.92 Å². The van der Waals surface area contributed by atoms with Gasteiger partial charge in [-0.2, -0.15) is 0 Å². The van der Waals surface area contributed by atoms with Crippen molar-refractivity contribution in [1.82, 2.24) is 24.3 Å². The number of amides is 1. The molecule has 3 heterocycles. The van der Waals surface area contributed by atoms with Gasteiger partial charge in [0, 0.05) is 19.4 Å². The van der Waals surface area contributed by atoms with Crippen molar-refractivity contribution in [3.05, 3.63) is 63.1 Å². The molecule has 4 rings (SSSR count). The first-order valence-corrected chi connectivity index (χ1v) is 9.22. The number of anilines is 1. The number of carbonyl (C=O) groups excluding carboxylic acids is 1. The molecule has 0 aliphatic rings. The zero-order valence-corrected chi connectivity index (χ0v) is 15.9. The van der Waals surface area contributed by atoms with Crippen LogP contribution < -0.4 is 16.4 Å². The Morgan fingerprint density at radius 2 is 2.00 bits per heavy atom. The number of nitrogens with zero attached hydrogens (tertiary/aromatic N) is 4. The minimum atomic E-state index is -0.465. The summed E-state index contributed by atoms with van der Waals surface area (Å²) in [4.78, 5) is 46.5. The third-order valence-corrected chi connectivity index (χ3v) is 5.32. The molecule has 4 aromatic rings. The van der Waals surface area contributed by atoms with Gasteiger partial charge in [0.1, 0.15) is 6.54 Å². The Labute approximate surface area is 162 Å². The molecule has 0 bridgehead atoms. The zero-order valence-electron chi connectivity index (χ0n) is 15.1.